The van der Waals surface area contributed by atoms with Crippen molar-refractivity contribution in [3.63, 3.8) is 0 Å². The molecule has 0 N–H and O–H groups in total. The first-order valence-corrected chi connectivity index (χ1v) is 8.67. The van der Waals surface area contributed by atoms with E-state index in [0.717, 1.165) is 30.8 Å². The van der Waals surface area contributed by atoms with Crippen LogP contribution in [0.15, 0.2) is 54.1 Å². The number of methoxy groups -OCH3 is 2. The van der Waals surface area contributed by atoms with Crippen molar-refractivity contribution in [1.29, 1.82) is 0 Å². The summed E-state index contributed by atoms with van der Waals surface area (Å²) in [6, 6.07) is 16.7. The maximum Gasteiger partial charge on any atom is 0.118 e. The van der Waals surface area contributed by atoms with E-state index in [-0.39, 0.29) is 0 Å². The molecule has 2 nitrogen and oxygen atoms in total. The Kier molecular flexibility index (Phi) is 6.92. The monoisotopic (exact) mass is 324 g/mol. The molecular formula is C22H28O2. The minimum absolute atomic E-state index is 0.561. The van der Waals surface area contributed by atoms with Crippen LogP contribution < -0.4 is 9.47 Å². The van der Waals surface area contributed by atoms with Crippen LogP contribution in [0.4, 0.5) is 0 Å². The lowest BCUT2D eigenvalue weighted by Gasteiger charge is -2.19. The van der Waals surface area contributed by atoms with Gasteiger partial charge in [0, 0.05) is 0 Å². The van der Waals surface area contributed by atoms with Gasteiger partial charge in [0.25, 0.3) is 0 Å². The Bertz CT molecular complexity index is 639. The summed E-state index contributed by atoms with van der Waals surface area (Å²) in [7, 11) is 3.40. The molecule has 0 spiro atoms. The average Bonchev–Trinajstić information content (AvgIpc) is 2.65. The van der Waals surface area contributed by atoms with Crippen LogP contribution in [0.25, 0.3) is 6.08 Å². The van der Waals surface area contributed by atoms with Crippen LogP contribution in [0.5, 0.6) is 11.5 Å². The van der Waals surface area contributed by atoms with Crippen molar-refractivity contribution < 1.29 is 9.47 Å². The Hall–Kier alpha value is -2.22. The number of hydrogen-bond acceptors (Lipinski definition) is 2. The molecule has 0 aromatic heterocycles. The van der Waals surface area contributed by atoms with E-state index >= 15 is 0 Å². The van der Waals surface area contributed by atoms with Gasteiger partial charge in [0.05, 0.1) is 14.2 Å². The molecule has 0 saturated heterocycles. The Balaban J connectivity index is 2.16. The molecule has 1 unspecified atom stereocenters. The summed E-state index contributed by atoms with van der Waals surface area (Å²) in [6.07, 6.45) is 5.61. The van der Waals surface area contributed by atoms with Crippen molar-refractivity contribution in [1.82, 2.24) is 0 Å². The summed E-state index contributed by atoms with van der Waals surface area (Å²) in [5.41, 5.74) is 4.09. The van der Waals surface area contributed by atoms with E-state index in [9.17, 15) is 0 Å². The molecular weight excluding hydrogens is 296 g/mol. The highest BCUT2D eigenvalue weighted by Gasteiger charge is 2.12. The SMILES string of the molecule is CCC(=Cc1ccc(OC)cc1)C(CC)Cc1ccc(OC)cc1. The van der Waals surface area contributed by atoms with Crippen LogP contribution in [0.1, 0.15) is 37.8 Å². The van der Waals surface area contributed by atoms with Crippen molar-refractivity contribution >= 4 is 6.08 Å². The molecule has 0 amide bonds. The van der Waals surface area contributed by atoms with Gasteiger partial charge in [-0.25, -0.2) is 0 Å². The van der Waals surface area contributed by atoms with E-state index in [1.807, 2.05) is 24.3 Å². The van der Waals surface area contributed by atoms with Gasteiger partial charge in [-0.3, -0.25) is 0 Å². The Labute approximate surface area is 146 Å². The molecule has 0 radical (unpaired) electrons. The molecule has 0 saturated carbocycles. The van der Waals surface area contributed by atoms with Gasteiger partial charge in [0.1, 0.15) is 11.5 Å². The molecule has 24 heavy (non-hydrogen) atoms. The first-order valence-electron chi connectivity index (χ1n) is 8.67. The first kappa shape index (κ1) is 18.1. The molecule has 2 aromatic carbocycles. The molecule has 0 aliphatic rings. The summed E-state index contributed by atoms with van der Waals surface area (Å²) in [6.45, 7) is 4.51. The summed E-state index contributed by atoms with van der Waals surface area (Å²) < 4.78 is 10.5. The maximum atomic E-state index is 5.25. The van der Waals surface area contributed by atoms with Gasteiger partial charge in [0.15, 0.2) is 0 Å². The van der Waals surface area contributed by atoms with E-state index in [1.165, 1.54) is 16.7 Å². The fourth-order valence-corrected chi connectivity index (χ4v) is 3.01. The van der Waals surface area contributed by atoms with Crippen LogP contribution in [0.3, 0.4) is 0 Å². The molecule has 0 aliphatic carbocycles. The largest absolute Gasteiger partial charge is 0.497 e. The van der Waals surface area contributed by atoms with Crippen molar-refractivity contribution in [2.45, 2.75) is 33.1 Å². The van der Waals surface area contributed by atoms with Gasteiger partial charge in [-0.1, -0.05) is 49.8 Å². The lowest BCUT2D eigenvalue weighted by Crippen LogP contribution is -2.07. The van der Waals surface area contributed by atoms with E-state index < -0.39 is 0 Å². The Morgan fingerprint density at radius 3 is 1.88 bits per heavy atom. The number of allylic oxidation sites excluding steroid dienone is 1. The minimum Gasteiger partial charge on any atom is -0.497 e. The Morgan fingerprint density at radius 2 is 1.42 bits per heavy atom. The van der Waals surface area contributed by atoms with E-state index in [0.29, 0.717) is 5.92 Å². The smallest absolute Gasteiger partial charge is 0.118 e. The lowest BCUT2D eigenvalue weighted by atomic mass is 9.87. The van der Waals surface area contributed by atoms with Crippen LogP contribution in [-0.4, -0.2) is 14.2 Å². The summed E-state index contributed by atoms with van der Waals surface area (Å²) in [4.78, 5) is 0. The van der Waals surface area contributed by atoms with E-state index in [2.05, 4.69) is 44.2 Å². The second-order valence-corrected chi connectivity index (χ2v) is 6.00. The van der Waals surface area contributed by atoms with E-state index in [4.69, 9.17) is 9.47 Å². The molecule has 2 aromatic rings. The van der Waals surface area contributed by atoms with Crippen LogP contribution >= 0.6 is 0 Å². The normalized spacial score (nSPS) is 12.8. The first-order chi connectivity index (χ1) is 11.7. The predicted octanol–water partition coefficient (Wildman–Crippen LogP) is 5.77. The molecule has 0 aliphatic heterocycles. The topological polar surface area (TPSA) is 18.5 Å². The van der Waals surface area contributed by atoms with Crippen molar-refractivity contribution in [2.24, 2.45) is 5.92 Å². The number of ether oxygens (including phenoxy) is 2. The third-order valence-corrected chi connectivity index (χ3v) is 4.53. The Morgan fingerprint density at radius 1 is 0.875 bits per heavy atom. The van der Waals surface area contributed by atoms with Crippen LogP contribution in [0, 0.1) is 5.92 Å². The summed E-state index contributed by atoms with van der Waals surface area (Å²) in [5, 5.41) is 0. The fraction of sp³-hybridized carbons (Fsp3) is 0.364. The molecule has 0 fully saturated rings. The molecule has 1 atom stereocenters. The zero-order valence-electron chi connectivity index (χ0n) is 15.2. The standard InChI is InChI=1S/C22H28O2/c1-5-19(15-17-7-11-21(23-3)12-8-17)20(6-2)16-18-9-13-22(24-4)14-10-18/h7-15,20H,5-6,16H2,1-4H3. The summed E-state index contributed by atoms with van der Waals surface area (Å²) >= 11 is 0. The maximum absolute atomic E-state index is 5.25. The lowest BCUT2D eigenvalue weighted by molar-refractivity contribution is 0.414. The highest BCUT2D eigenvalue weighted by Crippen LogP contribution is 2.26. The zero-order chi connectivity index (χ0) is 17.4. The van der Waals surface area contributed by atoms with E-state index in [1.54, 1.807) is 14.2 Å². The molecule has 128 valence electrons. The highest BCUT2D eigenvalue weighted by molar-refractivity contribution is 5.54. The van der Waals surface area contributed by atoms with Gasteiger partial charge < -0.3 is 9.47 Å². The van der Waals surface area contributed by atoms with Crippen LogP contribution in [-0.2, 0) is 6.42 Å². The molecule has 0 heterocycles. The van der Waals surface area contributed by atoms with Crippen LogP contribution in [0.2, 0.25) is 0 Å². The van der Waals surface area contributed by atoms with Gasteiger partial charge >= 0.3 is 0 Å². The predicted molar refractivity (Wildman–Crippen MR) is 102 cm³/mol. The van der Waals surface area contributed by atoms with Crippen molar-refractivity contribution in [3.8, 4) is 11.5 Å². The fourth-order valence-electron chi connectivity index (χ4n) is 3.01. The molecule has 2 heteroatoms. The quantitative estimate of drug-likeness (QED) is 0.614. The number of rotatable bonds is 8. The zero-order valence-corrected chi connectivity index (χ0v) is 15.2. The van der Waals surface area contributed by atoms with Gasteiger partial charge in [0.2, 0.25) is 0 Å². The number of hydrogen-bond donors (Lipinski definition) is 0. The average molecular weight is 324 g/mol. The molecule has 2 rings (SSSR count). The molecule has 0 bridgehead atoms. The minimum atomic E-state index is 0.561. The third kappa shape index (κ3) is 4.89. The highest BCUT2D eigenvalue weighted by atomic mass is 16.5. The third-order valence-electron chi connectivity index (χ3n) is 4.53. The summed E-state index contributed by atoms with van der Waals surface area (Å²) in [5.74, 6) is 2.37. The second kappa shape index (κ2) is 9.17. The number of benzene rings is 2. The van der Waals surface area contributed by atoms with Crippen molar-refractivity contribution in [3.05, 3.63) is 65.2 Å². The van der Waals surface area contributed by atoms with Gasteiger partial charge in [-0.15, -0.1) is 0 Å². The second-order valence-electron chi connectivity index (χ2n) is 6.00. The van der Waals surface area contributed by atoms with Crippen molar-refractivity contribution in [2.75, 3.05) is 14.2 Å². The van der Waals surface area contributed by atoms with Gasteiger partial charge in [-0.05, 0) is 60.6 Å². The van der Waals surface area contributed by atoms with Gasteiger partial charge in [-0.2, -0.15) is 0 Å².